The molecule has 20 atom stereocenters. The highest BCUT2D eigenvalue weighted by molar-refractivity contribution is 7.81. The summed E-state index contributed by atoms with van der Waals surface area (Å²) >= 11 is 0. The summed E-state index contributed by atoms with van der Waals surface area (Å²) in [4.78, 5) is 66.1. The van der Waals surface area contributed by atoms with Crippen molar-refractivity contribution in [3.8, 4) is 17.6 Å². The van der Waals surface area contributed by atoms with Gasteiger partial charge in [-0.1, -0.05) is 32.3 Å². The van der Waals surface area contributed by atoms with Crippen LogP contribution in [0.5, 0.6) is 5.75 Å². The molecule has 4 heterocycles. The van der Waals surface area contributed by atoms with Crippen molar-refractivity contribution in [2.75, 3.05) is 40.1 Å². The van der Waals surface area contributed by atoms with Crippen molar-refractivity contribution in [2.24, 2.45) is 0 Å². The van der Waals surface area contributed by atoms with Gasteiger partial charge >= 0.3 is 10.4 Å². The number of amides is 5. The first-order valence-electron chi connectivity index (χ1n) is 26.7. The van der Waals surface area contributed by atoms with E-state index >= 15 is 0 Å². The van der Waals surface area contributed by atoms with Gasteiger partial charge in [0.1, 0.15) is 103 Å². The first kappa shape index (κ1) is 68.1. The molecule has 0 radical (unpaired) electrons. The van der Waals surface area contributed by atoms with E-state index in [4.69, 9.17) is 42.1 Å². The maximum atomic E-state index is 14.4. The molecule has 4 aliphatic heterocycles. The Morgan fingerprint density at radius 3 is 1.63 bits per heavy atom. The van der Waals surface area contributed by atoms with E-state index in [9.17, 15) is 78.3 Å². The second-order valence-electron chi connectivity index (χ2n) is 19.9. The third kappa shape index (κ3) is 18.0. The lowest BCUT2D eigenvalue weighted by Crippen LogP contribution is -2.72. The zero-order valence-corrected chi connectivity index (χ0v) is 47.0. The number of aliphatic hydroxyl groups excluding tert-OH is 9. The Hall–Kier alpha value is -4.64. The smallest absolute Gasteiger partial charge is 0.399 e. The first-order chi connectivity index (χ1) is 38.9. The lowest BCUT2D eigenvalue weighted by atomic mass is 9.92. The van der Waals surface area contributed by atoms with Gasteiger partial charge in [-0.25, -0.2) is 4.18 Å². The molecule has 31 heteroatoms. The number of unbranched alkanes of at least 4 members (excludes halogenated alkanes) is 5. The van der Waals surface area contributed by atoms with Gasteiger partial charge in [-0.3, -0.25) is 33.1 Å². The summed E-state index contributed by atoms with van der Waals surface area (Å²) in [6.45, 7) is 2.38. The summed E-state index contributed by atoms with van der Waals surface area (Å²) in [7, 11) is -3.90. The standard InChI is InChI=1S/C51H78N4O26S/c1-7-8-9-10-11-12-13-14-15-19-73-30-18-16-17-29(20-30)47(68)55(28(5)62)38-43(67)39(63)31(21-56)76-51(38)81-45-33(23-58)78-49(37(42(45)66)54-27(4)61)79-44-32(22-57)77-50(36(41(44)65)53-26(3)60)80-46-34(24-74-82(70,71)72-6)75-48(69)35(40(46)64)52-25(2)59/h16-18,20,31-46,48-51,56-58,63-67,69H,7-11,14-15,19,21-24H2,1-6H3,(H,52,59)(H,53,60)(H,54,61). The summed E-state index contributed by atoms with van der Waals surface area (Å²) in [5.74, 6) is 2.03. The van der Waals surface area contributed by atoms with Gasteiger partial charge in [0.2, 0.25) is 23.6 Å². The van der Waals surface area contributed by atoms with E-state index in [1.807, 2.05) is 0 Å². The minimum absolute atomic E-state index is 0.122. The Morgan fingerprint density at radius 2 is 1.12 bits per heavy atom. The SMILES string of the molecule is CCCCCCC#CCCCOc1cccc(C(=O)N(C(C)=O)C2C(OC3C(CO)OC(OC4C(CO)OC(OC5C(COS(=O)(=O)OC)OC(O)C(NC(C)=O)C5O)C(NC(C)=O)C4O)C(NC(C)=O)C3O)OC(CO)C(O)C2O)c1. The number of aliphatic hydroxyl groups is 9. The molecule has 4 fully saturated rings. The van der Waals surface area contributed by atoms with E-state index < -0.39 is 189 Å². The molecule has 12 N–H and O–H groups in total. The van der Waals surface area contributed by atoms with Crippen LogP contribution in [0.3, 0.4) is 0 Å². The molecule has 4 saturated heterocycles. The van der Waals surface area contributed by atoms with Crippen molar-refractivity contribution in [1.82, 2.24) is 20.9 Å². The lowest BCUT2D eigenvalue weighted by molar-refractivity contribution is -0.363. The van der Waals surface area contributed by atoms with Crippen molar-refractivity contribution in [3.05, 3.63) is 29.8 Å². The fourth-order valence-electron chi connectivity index (χ4n) is 9.74. The molecule has 0 bridgehead atoms. The minimum Gasteiger partial charge on any atom is -0.494 e. The number of hydrogen-bond acceptors (Lipinski definition) is 26. The van der Waals surface area contributed by atoms with Crippen LogP contribution in [0.4, 0.5) is 0 Å². The topological polar surface area (TPSA) is 433 Å². The van der Waals surface area contributed by atoms with Crippen molar-refractivity contribution in [1.29, 1.82) is 0 Å². The van der Waals surface area contributed by atoms with Crippen LogP contribution in [0.2, 0.25) is 0 Å². The normalized spacial score (nSPS) is 33.9. The van der Waals surface area contributed by atoms with Crippen LogP contribution in [0, 0.1) is 11.8 Å². The molecule has 0 aromatic heterocycles. The molecule has 1 aromatic carbocycles. The highest BCUT2D eigenvalue weighted by Gasteiger charge is 2.57. The van der Waals surface area contributed by atoms with Crippen molar-refractivity contribution in [2.45, 2.75) is 202 Å². The number of carbonyl (C=O) groups excluding carboxylic acids is 5. The molecule has 5 amide bonds. The molecule has 464 valence electrons. The number of ether oxygens (including phenoxy) is 8. The second-order valence-corrected chi connectivity index (χ2v) is 21.2. The third-order valence-electron chi connectivity index (χ3n) is 13.7. The van der Waals surface area contributed by atoms with Crippen LogP contribution < -0.4 is 20.7 Å². The van der Waals surface area contributed by atoms with Crippen LogP contribution in [-0.4, -0.2) is 252 Å². The average molecular weight is 1200 g/mol. The molecule has 4 aliphatic rings. The number of nitrogens with zero attached hydrogens (tertiary/aromatic N) is 1. The summed E-state index contributed by atoms with van der Waals surface area (Å²) < 4.78 is 80.9. The molecular weight excluding hydrogens is 1120 g/mol. The quantitative estimate of drug-likeness (QED) is 0.0307. The van der Waals surface area contributed by atoms with Crippen LogP contribution in [0.25, 0.3) is 0 Å². The highest BCUT2D eigenvalue weighted by Crippen LogP contribution is 2.36. The zero-order chi connectivity index (χ0) is 60.6. The van der Waals surface area contributed by atoms with E-state index in [-0.39, 0.29) is 17.9 Å². The molecule has 20 unspecified atom stereocenters. The number of benzene rings is 1. The van der Waals surface area contributed by atoms with E-state index in [0.29, 0.717) is 17.7 Å². The second kappa shape index (κ2) is 32.0. The summed E-state index contributed by atoms with van der Waals surface area (Å²) in [5, 5.41) is 108. The predicted octanol–water partition coefficient (Wildman–Crippen LogP) is -4.57. The number of imide groups is 1. The van der Waals surface area contributed by atoms with Crippen molar-refractivity contribution < 1.29 is 125 Å². The van der Waals surface area contributed by atoms with Gasteiger partial charge in [0.15, 0.2) is 25.2 Å². The van der Waals surface area contributed by atoms with Crippen LogP contribution in [0.15, 0.2) is 24.3 Å². The lowest BCUT2D eigenvalue weighted by Gasteiger charge is -2.51. The highest BCUT2D eigenvalue weighted by atomic mass is 32.3. The Kier molecular flexibility index (Phi) is 26.6. The van der Waals surface area contributed by atoms with Crippen LogP contribution in [0.1, 0.15) is 89.9 Å². The third-order valence-corrected chi connectivity index (χ3v) is 14.6. The Balaban J connectivity index is 1.40. The zero-order valence-electron chi connectivity index (χ0n) is 46.2. The molecule has 0 saturated carbocycles. The first-order valence-corrected chi connectivity index (χ1v) is 28.0. The van der Waals surface area contributed by atoms with Crippen molar-refractivity contribution >= 4 is 39.9 Å². The van der Waals surface area contributed by atoms with E-state index in [0.717, 1.165) is 66.9 Å². The van der Waals surface area contributed by atoms with Crippen molar-refractivity contribution in [3.63, 3.8) is 0 Å². The fraction of sp³-hybridized carbons (Fsp3) is 0.745. The summed E-state index contributed by atoms with van der Waals surface area (Å²) in [6.07, 6.45) is -24.2. The molecule has 5 rings (SSSR count). The number of nitrogens with one attached hydrogen (secondary N) is 3. The van der Waals surface area contributed by atoms with Gasteiger partial charge < -0.3 is 99.8 Å². The Bertz CT molecular complexity index is 2430. The largest absolute Gasteiger partial charge is 0.494 e. The fourth-order valence-corrected chi connectivity index (χ4v) is 10.1. The number of carbonyl (C=O) groups is 5. The predicted molar refractivity (Wildman–Crippen MR) is 276 cm³/mol. The van der Waals surface area contributed by atoms with E-state index in [1.165, 1.54) is 18.2 Å². The van der Waals surface area contributed by atoms with Gasteiger partial charge in [0, 0.05) is 46.1 Å². The van der Waals surface area contributed by atoms with Crippen LogP contribution in [-0.2, 0) is 71.1 Å². The van der Waals surface area contributed by atoms with Gasteiger partial charge in [-0.05, 0) is 31.0 Å². The molecule has 82 heavy (non-hydrogen) atoms. The number of rotatable bonds is 26. The maximum Gasteiger partial charge on any atom is 0.399 e. The molecule has 0 spiro atoms. The summed E-state index contributed by atoms with van der Waals surface area (Å²) in [5.41, 5.74) is -0.122. The van der Waals surface area contributed by atoms with Gasteiger partial charge in [0.25, 0.3) is 5.91 Å². The van der Waals surface area contributed by atoms with Gasteiger partial charge in [-0.15, -0.1) is 11.8 Å². The minimum atomic E-state index is -4.68. The van der Waals surface area contributed by atoms with Crippen LogP contribution >= 0.6 is 0 Å². The summed E-state index contributed by atoms with van der Waals surface area (Å²) in [6, 6.07) is -1.41. The molecular formula is C51H78N4O26S. The number of hydrogen-bond donors (Lipinski definition) is 12. The Morgan fingerprint density at radius 1 is 0.622 bits per heavy atom. The Labute approximate surface area is 473 Å². The monoisotopic (exact) mass is 1190 g/mol. The average Bonchev–Trinajstić information content (AvgIpc) is 3.62. The van der Waals surface area contributed by atoms with E-state index in [2.05, 4.69) is 38.9 Å². The molecule has 1 aromatic rings. The van der Waals surface area contributed by atoms with E-state index in [1.54, 1.807) is 6.07 Å². The van der Waals surface area contributed by atoms with Gasteiger partial charge in [-0.2, -0.15) is 8.42 Å². The maximum absolute atomic E-state index is 14.4. The van der Waals surface area contributed by atoms with Gasteiger partial charge in [0.05, 0.1) is 40.1 Å². The molecule has 30 nitrogen and oxygen atoms in total. The molecule has 0 aliphatic carbocycles.